The molecule has 0 saturated carbocycles. The Labute approximate surface area is 153 Å². The number of hydrogen-bond donors (Lipinski definition) is 1. The highest BCUT2D eigenvalue weighted by atomic mass is 32.2. The highest BCUT2D eigenvalue weighted by Crippen LogP contribution is 2.26. The Hall–Kier alpha value is -2.35. The van der Waals surface area contributed by atoms with Crippen molar-refractivity contribution >= 4 is 32.6 Å². The molecule has 26 heavy (non-hydrogen) atoms. The Balaban J connectivity index is 2.50. The number of nitrogens with two attached hydrogens (primary N) is 1. The summed E-state index contributed by atoms with van der Waals surface area (Å²) in [6.45, 7) is 7.77. The number of nitrogens with zero attached hydrogens (tertiary/aromatic N) is 2. The van der Waals surface area contributed by atoms with Crippen molar-refractivity contribution < 1.29 is 18.0 Å². The molecule has 2 N–H and O–H groups in total. The zero-order valence-corrected chi connectivity index (χ0v) is 16.3. The standard InChI is InChI=1S/C18H25N3O4S/c1-12(2)21(13(3)4)18(23)10-20-9-16(26(24,25)11-17(19)22)14-7-5-6-8-15(14)20/h5-9,12-13H,10-11H2,1-4H3,(H2,19,22). The van der Waals surface area contributed by atoms with Crippen LogP contribution in [-0.4, -0.2) is 47.5 Å². The summed E-state index contributed by atoms with van der Waals surface area (Å²) in [5.41, 5.74) is 5.69. The maximum Gasteiger partial charge on any atom is 0.242 e. The molecule has 2 rings (SSSR count). The molecule has 0 radical (unpaired) electrons. The smallest absolute Gasteiger partial charge is 0.242 e. The highest BCUT2D eigenvalue weighted by Gasteiger charge is 2.25. The van der Waals surface area contributed by atoms with Crippen LogP contribution >= 0.6 is 0 Å². The summed E-state index contributed by atoms with van der Waals surface area (Å²) in [6.07, 6.45) is 1.42. The number of hydrogen-bond acceptors (Lipinski definition) is 4. The third kappa shape index (κ3) is 4.07. The minimum Gasteiger partial charge on any atom is -0.369 e. The van der Waals surface area contributed by atoms with Crippen LogP contribution < -0.4 is 5.73 Å². The molecule has 1 aromatic carbocycles. The van der Waals surface area contributed by atoms with Gasteiger partial charge in [0.2, 0.25) is 11.8 Å². The number of carbonyl (C=O) groups excluding carboxylic acids is 2. The molecule has 0 fully saturated rings. The lowest BCUT2D eigenvalue weighted by atomic mass is 10.2. The predicted octanol–water partition coefficient (Wildman–Crippen LogP) is 1.55. The van der Waals surface area contributed by atoms with Crippen molar-refractivity contribution in [3.05, 3.63) is 30.5 Å². The predicted molar refractivity (Wildman–Crippen MR) is 100 cm³/mol. The first-order valence-corrected chi connectivity index (χ1v) is 10.1. The minimum atomic E-state index is -3.87. The monoisotopic (exact) mass is 379 g/mol. The molecule has 1 aromatic heterocycles. The van der Waals surface area contributed by atoms with E-state index in [1.54, 1.807) is 33.7 Å². The second-order valence-corrected chi connectivity index (χ2v) is 8.81. The zero-order valence-electron chi connectivity index (χ0n) is 15.5. The number of sulfone groups is 1. The molecule has 0 spiro atoms. The average molecular weight is 379 g/mol. The van der Waals surface area contributed by atoms with Gasteiger partial charge in [-0.25, -0.2) is 8.42 Å². The quantitative estimate of drug-likeness (QED) is 0.788. The largest absolute Gasteiger partial charge is 0.369 e. The first-order valence-electron chi connectivity index (χ1n) is 8.44. The Kier molecular flexibility index (Phi) is 5.75. The van der Waals surface area contributed by atoms with Crippen LogP contribution in [0.5, 0.6) is 0 Å². The average Bonchev–Trinajstić information content (AvgIpc) is 2.85. The van der Waals surface area contributed by atoms with Gasteiger partial charge < -0.3 is 15.2 Å². The van der Waals surface area contributed by atoms with Gasteiger partial charge in [0, 0.05) is 29.2 Å². The van der Waals surface area contributed by atoms with Crippen molar-refractivity contribution in [2.75, 3.05) is 5.75 Å². The molecular formula is C18H25N3O4S. The van der Waals surface area contributed by atoms with E-state index in [0.29, 0.717) is 10.9 Å². The van der Waals surface area contributed by atoms with Crippen molar-refractivity contribution in [1.29, 1.82) is 0 Å². The third-order valence-electron chi connectivity index (χ3n) is 4.13. The Morgan fingerprint density at radius 3 is 2.23 bits per heavy atom. The number of para-hydroxylation sites is 1. The molecule has 2 amide bonds. The molecule has 7 nitrogen and oxygen atoms in total. The van der Waals surface area contributed by atoms with Crippen LogP contribution in [0, 0.1) is 0 Å². The van der Waals surface area contributed by atoms with Gasteiger partial charge in [-0.05, 0) is 33.8 Å². The van der Waals surface area contributed by atoms with Gasteiger partial charge in [-0.1, -0.05) is 18.2 Å². The second kappa shape index (κ2) is 7.49. The van der Waals surface area contributed by atoms with Crippen molar-refractivity contribution in [2.24, 2.45) is 5.73 Å². The van der Waals surface area contributed by atoms with Crippen LogP contribution in [0.1, 0.15) is 27.7 Å². The normalized spacial score (nSPS) is 12.1. The molecule has 0 unspecified atom stereocenters. The summed E-state index contributed by atoms with van der Waals surface area (Å²) in [7, 11) is -3.87. The molecule has 142 valence electrons. The first kappa shape index (κ1) is 20.0. The lowest BCUT2D eigenvalue weighted by Gasteiger charge is -2.31. The van der Waals surface area contributed by atoms with E-state index in [9.17, 15) is 18.0 Å². The Morgan fingerprint density at radius 2 is 1.69 bits per heavy atom. The van der Waals surface area contributed by atoms with Crippen LogP contribution in [-0.2, 0) is 26.0 Å². The molecule has 0 bridgehead atoms. The number of fused-ring (bicyclic) bond motifs is 1. The van der Waals surface area contributed by atoms with E-state index in [1.807, 2.05) is 27.7 Å². The van der Waals surface area contributed by atoms with E-state index in [0.717, 1.165) is 0 Å². The third-order valence-corrected chi connectivity index (χ3v) is 5.79. The highest BCUT2D eigenvalue weighted by molar-refractivity contribution is 7.92. The van der Waals surface area contributed by atoms with Crippen LogP contribution in [0.2, 0.25) is 0 Å². The number of aromatic nitrogens is 1. The summed E-state index contributed by atoms with van der Waals surface area (Å²) in [5, 5.41) is 0.474. The van der Waals surface area contributed by atoms with Gasteiger partial charge in [0.15, 0.2) is 9.84 Å². The van der Waals surface area contributed by atoms with Gasteiger partial charge in [-0.3, -0.25) is 9.59 Å². The van der Waals surface area contributed by atoms with Crippen molar-refractivity contribution in [3.8, 4) is 0 Å². The van der Waals surface area contributed by atoms with Gasteiger partial charge in [-0.2, -0.15) is 0 Å². The van der Waals surface area contributed by atoms with Crippen LogP contribution in [0.25, 0.3) is 10.9 Å². The maximum absolute atomic E-state index is 12.8. The van der Waals surface area contributed by atoms with Gasteiger partial charge in [-0.15, -0.1) is 0 Å². The van der Waals surface area contributed by atoms with Gasteiger partial charge in [0.05, 0.1) is 4.90 Å². The molecule has 0 saturated heterocycles. The molecule has 0 aliphatic rings. The van der Waals surface area contributed by atoms with E-state index < -0.39 is 21.5 Å². The summed E-state index contributed by atoms with van der Waals surface area (Å²) in [4.78, 5) is 25.7. The summed E-state index contributed by atoms with van der Waals surface area (Å²) < 4.78 is 26.6. The summed E-state index contributed by atoms with van der Waals surface area (Å²) in [5.74, 6) is -1.78. The van der Waals surface area contributed by atoms with E-state index in [2.05, 4.69) is 0 Å². The molecule has 8 heteroatoms. The zero-order chi connectivity index (χ0) is 19.6. The first-order chi connectivity index (χ1) is 12.0. The maximum atomic E-state index is 12.8. The van der Waals surface area contributed by atoms with Gasteiger partial charge >= 0.3 is 0 Å². The van der Waals surface area contributed by atoms with Crippen molar-refractivity contribution in [2.45, 2.75) is 51.2 Å². The van der Waals surface area contributed by atoms with Gasteiger partial charge in [0.25, 0.3) is 0 Å². The molecule has 1 heterocycles. The number of benzene rings is 1. The van der Waals surface area contributed by atoms with Crippen LogP contribution in [0.4, 0.5) is 0 Å². The molecule has 2 aromatic rings. The van der Waals surface area contributed by atoms with E-state index in [4.69, 9.17) is 5.73 Å². The van der Waals surface area contributed by atoms with Crippen molar-refractivity contribution in [1.82, 2.24) is 9.47 Å². The van der Waals surface area contributed by atoms with E-state index >= 15 is 0 Å². The van der Waals surface area contributed by atoms with Crippen molar-refractivity contribution in [3.63, 3.8) is 0 Å². The number of primary amides is 1. The summed E-state index contributed by atoms with van der Waals surface area (Å²) in [6, 6.07) is 6.96. The molecule has 0 aliphatic carbocycles. The Bertz CT molecular complexity index is 921. The number of rotatable bonds is 7. The van der Waals surface area contributed by atoms with Crippen LogP contribution in [0.3, 0.4) is 0 Å². The lowest BCUT2D eigenvalue weighted by molar-refractivity contribution is -0.135. The topological polar surface area (TPSA) is 102 Å². The minimum absolute atomic E-state index is 0.0142. The fourth-order valence-corrected chi connectivity index (χ4v) is 4.58. The van der Waals surface area contributed by atoms with E-state index in [-0.39, 0.29) is 29.4 Å². The fourth-order valence-electron chi connectivity index (χ4n) is 3.26. The fraction of sp³-hybridized carbons (Fsp3) is 0.444. The van der Waals surface area contributed by atoms with Crippen LogP contribution in [0.15, 0.2) is 35.4 Å². The SMILES string of the molecule is CC(C)N(C(=O)Cn1cc(S(=O)(=O)CC(N)=O)c2ccccc21)C(C)C. The molecule has 0 atom stereocenters. The van der Waals surface area contributed by atoms with Gasteiger partial charge in [0.1, 0.15) is 12.3 Å². The number of amides is 2. The Morgan fingerprint density at radius 1 is 1.12 bits per heavy atom. The second-order valence-electron chi connectivity index (χ2n) is 6.85. The lowest BCUT2D eigenvalue weighted by Crippen LogP contribution is -2.43. The molecule has 0 aliphatic heterocycles. The number of carbonyl (C=O) groups is 2. The summed E-state index contributed by atoms with van der Waals surface area (Å²) >= 11 is 0. The van der Waals surface area contributed by atoms with E-state index in [1.165, 1.54) is 6.20 Å². The molecular weight excluding hydrogens is 354 g/mol.